The molecule has 0 bridgehead atoms. The Morgan fingerprint density at radius 1 is 1.00 bits per heavy atom. The van der Waals surface area contributed by atoms with E-state index in [1.54, 1.807) is 0 Å². The highest BCUT2D eigenvalue weighted by Gasteiger charge is 2.42. The lowest BCUT2D eigenvalue weighted by Gasteiger charge is -2.37. The molecule has 0 aromatic rings. The first-order valence-corrected chi connectivity index (χ1v) is 5.04. The van der Waals surface area contributed by atoms with Crippen molar-refractivity contribution in [3.8, 4) is 0 Å². The van der Waals surface area contributed by atoms with Crippen LogP contribution >= 0.6 is 22.6 Å². The van der Waals surface area contributed by atoms with Gasteiger partial charge in [-0.3, -0.25) is 0 Å². The van der Waals surface area contributed by atoms with Gasteiger partial charge >= 0.3 is 0 Å². The topological polar surface area (TPSA) is 90.2 Å². The fourth-order valence-corrected chi connectivity index (χ4v) is 1.79. The Labute approximate surface area is 83.1 Å². The summed E-state index contributed by atoms with van der Waals surface area (Å²) in [6.07, 6.45) is -5.95. The van der Waals surface area contributed by atoms with E-state index in [1.165, 1.54) is 0 Å². The molecule has 0 amide bonds. The van der Waals surface area contributed by atoms with Gasteiger partial charge in [-0.2, -0.15) is 0 Å². The van der Waals surface area contributed by atoms with Crippen LogP contribution in [0, 0.1) is 0 Å². The van der Waals surface area contributed by atoms with Gasteiger partial charge in [-0.05, 0) is 0 Å². The summed E-state index contributed by atoms with van der Waals surface area (Å²) in [6.45, 7) is 0. The minimum atomic E-state index is -1.43. The van der Waals surface area contributed by atoms with Crippen LogP contribution in [0.3, 0.4) is 0 Å². The average Bonchev–Trinajstić information content (AvgIpc) is 2.08. The SMILES string of the molecule is O[C@@H]1[C@@H](O)[C@@H](O)O[C@H](CI)[C@@H]1O. The van der Waals surface area contributed by atoms with Crippen molar-refractivity contribution in [2.75, 3.05) is 4.43 Å². The molecule has 1 aliphatic rings. The molecule has 1 rings (SSSR count). The number of alkyl halides is 1. The van der Waals surface area contributed by atoms with E-state index >= 15 is 0 Å². The van der Waals surface area contributed by atoms with Crippen molar-refractivity contribution in [2.45, 2.75) is 30.7 Å². The van der Waals surface area contributed by atoms with Crippen LogP contribution in [0.4, 0.5) is 0 Å². The van der Waals surface area contributed by atoms with Crippen LogP contribution < -0.4 is 0 Å². The largest absolute Gasteiger partial charge is 0.388 e. The fourth-order valence-electron chi connectivity index (χ4n) is 1.06. The Hall–Kier alpha value is 0.530. The molecule has 0 saturated carbocycles. The molecule has 12 heavy (non-hydrogen) atoms. The van der Waals surface area contributed by atoms with Crippen LogP contribution in [0.15, 0.2) is 0 Å². The molecule has 0 aliphatic carbocycles. The van der Waals surface area contributed by atoms with E-state index in [-0.39, 0.29) is 0 Å². The van der Waals surface area contributed by atoms with E-state index in [0.717, 1.165) is 0 Å². The van der Waals surface area contributed by atoms with Crippen LogP contribution in [0.1, 0.15) is 0 Å². The van der Waals surface area contributed by atoms with E-state index in [4.69, 9.17) is 14.9 Å². The quantitative estimate of drug-likeness (QED) is 0.339. The summed E-state index contributed by atoms with van der Waals surface area (Å²) in [4.78, 5) is 0. The van der Waals surface area contributed by atoms with Gasteiger partial charge in [0.2, 0.25) is 0 Å². The van der Waals surface area contributed by atoms with Gasteiger partial charge in [0.15, 0.2) is 6.29 Å². The van der Waals surface area contributed by atoms with Gasteiger partial charge < -0.3 is 25.2 Å². The van der Waals surface area contributed by atoms with Crippen molar-refractivity contribution in [2.24, 2.45) is 0 Å². The second-order valence-electron chi connectivity index (χ2n) is 2.69. The Kier molecular flexibility index (Phi) is 3.68. The van der Waals surface area contributed by atoms with Gasteiger partial charge in [0, 0.05) is 4.43 Å². The zero-order chi connectivity index (χ0) is 9.30. The lowest BCUT2D eigenvalue weighted by atomic mass is 10.0. The monoisotopic (exact) mass is 290 g/mol. The highest BCUT2D eigenvalue weighted by atomic mass is 127. The van der Waals surface area contributed by atoms with Crippen LogP contribution in [0.2, 0.25) is 0 Å². The molecular weight excluding hydrogens is 279 g/mol. The van der Waals surface area contributed by atoms with Crippen LogP contribution in [0.25, 0.3) is 0 Å². The molecule has 0 aromatic carbocycles. The smallest absolute Gasteiger partial charge is 0.183 e. The maximum absolute atomic E-state index is 9.27. The zero-order valence-corrected chi connectivity index (χ0v) is 8.33. The van der Waals surface area contributed by atoms with Gasteiger partial charge in [0.05, 0.1) is 6.10 Å². The molecule has 1 fully saturated rings. The first kappa shape index (κ1) is 10.6. The molecule has 1 saturated heterocycles. The van der Waals surface area contributed by atoms with Gasteiger partial charge in [-0.15, -0.1) is 0 Å². The highest BCUT2D eigenvalue weighted by molar-refractivity contribution is 14.1. The molecule has 1 heterocycles. The van der Waals surface area contributed by atoms with Crippen molar-refractivity contribution in [1.29, 1.82) is 0 Å². The van der Waals surface area contributed by atoms with Gasteiger partial charge in [-0.1, -0.05) is 22.6 Å². The van der Waals surface area contributed by atoms with Gasteiger partial charge in [-0.25, -0.2) is 0 Å². The van der Waals surface area contributed by atoms with Crippen molar-refractivity contribution in [3.05, 3.63) is 0 Å². The number of aliphatic hydroxyl groups is 4. The molecule has 72 valence electrons. The van der Waals surface area contributed by atoms with E-state index < -0.39 is 30.7 Å². The molecule has 0 spiro atoms. The molecule has 4 N–H and O–H groups in total. The predicted octanol–water partition coefficient (Wildman–Crippen LogP) is -1.78. The van der Waals surface area contributed by atoms with E-state index in [9.17, 15) is 10.2 Å². The molecule has 5 atom stereocenters. The second-order valence-corrected chi connectivity index (χ2v) is 3.57. The minimum Gasteiger partial charge on any atom is -0.388 e. The fraction of sp³-hybridized carbons (Fsp3) is 1.00. The van der Waals surface area contributed by atoms with E-state index in [1.807, 2.05) is 22.6 Å². The van der Waals surface area contributed by atoms with Crippen LogP contribution in [-0.2, 0) is 4.74 Å². The number of ether oxygens (including phenoxy) is 1. The van der Waals surface area contributed by atoms with Gasteiger partial charge in [0.25, 0.3) is 0 Å². The molecule has 0 aromatic heterocycles. The predicted molar refractivity (Wildman–Crippen MR) is 47.8 cm³/mol. The Balaban J connectivity index is 2.63. The van der Waals surface area contributed by atoms with Crippen molar-refractivity contribution in [1.82, 2.24) is 0 Å². The van der Waals surface area contributed by atoms with Crippen molar-refractivity contribution >= 4 is 22.6 Å². The van der Waals surface area contributed by atoms with Crippen molar-refractivity contribution in [3.63, 3.8) is 0 Å². The molecular formula is C6H11IO5. The Morgan fingerprint density at radius 2 is 1.58 bits per heavy atom. The second kappa shape index (κ2) is 4.16. The third-order valence-corrected chi connectivity index (χ3v) is 2.71. The summed E-state index contributed by atoms with van der Waals surface area (Å²) in [5, 5.41) is 36.5. The Morgan fingerprint density at radius 3 is 2.08 bits per heavy atom. The molecule has 6 heteroatoms. The summed E-state index contributed by atoms with van der Waals surface area (Å²) in [5.74, 6) is 0. The number of aliphatic hydroxyl groups excluding tert-OH is 4. The summed E-state index contributed by atoms with van der Waals surface area (Å²) in [7, 11) is 0. The lowest BCUT2D eigenvalue weighted by molar-refractivity contribution is -0.275. The number of hydrogen-bond donors (Lipinski definition) is 4. The Bertz CT molecular complexity index is 150. The number of halogens is 1. The molecule has 0 unspecified atom stereocenters. The molecule has 1 aliphatic heterocycles. The zero-order valence-electron chi connectivity index (χ0n) is 6.17. The third-order valence-electron chi connectivity index (χ3n) is 1.84. The highest BCUT2D eigenvalue weighted by Crippen LogP contribution is 2.20. The standard InChI is InChI=1S/C6H11IO5/c7-1-2-3(8)4(9)5(10)6(11)12-2/h2-6,8-11H,1H2/t2-,3+,4+,5-,6+/m1/s1. The first-order valence-electron chi connectivity index (χ1n) is 3.51. The summed E-state index contributed by atoms with van der Waals surface area (Å²) in [5.41, 5.74) is 0. The molecule has 0 radical (unpaired) electrons. The van der Waals surface area contributed by atoms with Gasteiger partial charge in [0.1, 0.15) is 18.3 Å². The average molecular weight is 290 g/mol. The summed E-state index contributed by atoms with van der Waals surface area (Å²) in [6, 6.07) is 0. The maximum Gasteiger partial charge on any atom is 0.183 e. The maximum atomic E-state index is 9.27. The molecule has 5 nitrogen and oxygen atoms in total. The normalized spacial score (nSPS) is 49.2. The first-order chi connectivity index (χ1) is 5.57. The lowest BCUT2D eigenvalue weighted by Crippen LogP contribution is -2.57. The summed E-state index contributed by atoms with van der Waals surface area (Å²) >= 11 is 1.96. The van der Waals surface area contributed by atoms with E-state index in [0.29, 0.717) is 4.43 Å². The van der Waals surface area contributed by atoms with Crippen LogP contribution in [0.5, 0.6) is 0 Å². The van der Waals surface area contributed by atoms with E-state index in [2.05, 4.69) is 0 Å². The van der Waals surface area contributed by atoms with Crippen molar-refractivity contribution < 1.29 is 25.2 Å². The summed E-state index contributed by atoms with van der Waals surface area (Å²) < 4.78 is 5.26. The minimum absolute atomic E-state index is 0.444. The number of hydrogen-bond acceptors (Lipinski definition) is 5. The van der Waals surface area contributed by atoms with Crippen LogP contribution in [-0.4, -0.2) is 55.6 Å². The number of rotatable bonds is 1. The third kappa shape index (κ3) is 1.88.